The quantitative estimate of drug-likeness (QED) is 0.0293. The highest BCUT2D eigenvalue weighted by atomic mass is 16.7. The number of carbonyl (C=O) groups excluding carboxylic acids is 1. The van der Waals surface area contributed by atoms with E-state index in [1.165, 1.54) is 263 Å². The lowest BCUT2D eigenvalue weighted by molar-refractivity contribution is -0.303. The maximum Gasteiger partial charge on any atom is 0.220 e. The fraction of sp³-hybridized carbons (Fsp3) is 0.984. The molecule has 2 unspecified atom stereocenters. The van der Waals surface area contributed by atoms with Crippen LogP contribution in [-0.2, 0) is 14.3 Å². The van der Waals surface area contributed by atoms with E-state index in [1.807, 2.05) is 0 Å². The molecule has 0 aromatic carbocycles. The van der Waals surface area contributed by atoms with Crippen LogP contribution in [0.1, 0.15) is 328 Å². The van der Waals surface area contributed by atoms with Gasteiger partial charge in [-0.3, -0.25) is 4.79 Å². The van der Waals surface area contributed by atoms with Gasteiger partial charge in [0.2, 0.25) is 5.91 Å². The molecule has 0 aromatic heterocycles. The number of carbonyl (C=O) groups is 1. The minimum Gasteiger partial charge on any atom is -0.394 e. The average molecular weight is 1030 g/mol. The second kappa shape index (κ2) is 52.2. The predicted octanol–water partition coefficient (Wildman–Crippen LogP) is 15.2. The van der Waals surface area contributed by atoms with E-state index in [4.69, 9.17) is 9.47 Å². The first-order valence-corrected chi connectivity index (χ1v) is 31.8. The van der Waals surface area contributed by atoms with Gasteiger partial charge in [-0.2, -0.15) is 0 Å². The second-order valence-corrected chi connectivity index (χ2v) is 22.7. The van der Waals surface area contributed by atoms with Crippen molar-refractivity contribution in [2.75, 3.05) is 13.2 Å². The zero-order valence-corrected chi connectivity index (χ0v) is 47.6. The van der Waals surface area contributed by atoms with Crippen molar-refractivity contribution in [3.63, 3.8) is 0 Å². The molecular formula is C62H123NO9. The number of amides is 1. The van der Waals surface area contributed by atoms with Crippen molar-refractivity contribution in [3.05, 3.63) is 0 Å². The maximum atomic E-state index is 13.1. The van der Waals surface area contributed by atoms with Crippen LogP contribution >= 0.6 is 0 Å². The molecule has 0 saturated carbocycles. The molecule has 1 aliphatic heterocycles. The molecule has 0 radical (unpaired) electrons. The van der Waals surface area contributed by atoms with Gasteiger partial charge in [-0.25, -0.2) is 0 Å². The van der Waals surface area contributed by atoms with Gasteiger partial charge in [0.05, 0.1) is 25.4 Å². The van der Waals surface area contributed by atoms with Crippen molar-refractivity contribution in [2.45, 2.75) is 377 Å². The lowest BCUT2D eigenvalue weighted by atomic mass is 9.98. The Kier molecular flexibility index (Phi) is 50.2. The summed E-state index contributed by atoms with van der Waals surface area (Å²) < 4.78 is 11.2. The first-order chi connectivity index (χ1) is 35.3. The van der Waals surface area contributed by atoms with E-state index in [9.17, 15) is 35.4 Å². The Morgan fingerprint density at radius 1 is 0.431 bits per heavy atom. The Morgan fingerprint density at radius 2 is 0.722 bits per heavy atom. The summed E-state index contributed by atoms with van der Waals surface area (Å²) in [7, 11) is 0. The van der Waals surface area contributed by atoms with Gasteiger partial charge in [-0.1, -0.05) is 309 Å². The summed E-state index contributed by atoms with van der Waals surface area (Å²) in [4.78, 5) is 13.1. The molecule has 1 aliphatic rings. The number of nitrogens with one attached hydrogen (secondary N) is 1. The third kappa shape index (κ3) is 40.4. The minimum absolute atomic E-state index is 0.250. The van der Waals surface area contributed by atoms with Crippen molar-refractivity contribution >= 4 is 5.91 Å². The van der Waals surface area contributed by atoms with Gasteiger partial charge in [0.25, 0.3) is 0 Å². The first kappa shape index (κ1) is 69.2. The van der Waals surface area contributed by atoms with Gasteiger partial charge in [-0.05, 0) is 12.8 Å². The summed E-state index contributed by atoms with van der Waals surface area (Å²) in [5.41, 5.74) is 0. The van der Waals surface area contributed by atoms with Crippen molar-refractivity contribution in [1.29, 1.82) is 0 Å². The molecule has 72 heavy (non-hydrogen) atoms. The molecule has 1 saturated heterocycles. The first-order valence-electron chi connectivity index (χ1n) is 31.8. The van der Waals surface area contributed by atoms with E-state index >= 15 is 0 Å². The molecule has 1 amide bonds. The highest BCUT2D eigenvalue weighted by Gasteiger charge is 2.44. The number of unbranched alkanes of at least 4 members (excludes halogenated alkanes) is 45. The molecule has 0 aromatic rings. The van der Waals surface area contributed by atoms with Crippen LogP contribution in [0, 0.1) is 0 Å². The zero-order chi connectivity index (χ0) is 52.4. The van der Waals surface area contributed by atoms with Crippen molar-refractivity contribution < 1.29 is 44.9 Å². The summed E-state index contributed by atoms with van der Waals surface area (Å²) in [6.45, 7) is 3.65. The highest BCUT2D eigenvalue weighted by Crippen LogP contribution is 2.24. The lowest BCUT2D eigenvalue weighted by Crippen LogP contribution is -2.60. The Labute approximate surface area is 445 Å². The lowest BCUT2D eigenvalue weighted by Gasteiger charge is -2.40. The highest BCUT2D eigenvalue weighted by molar-refractivity contribution is 5.76. The average Bonchev–Trinajstić information content (AvgIpc) is 3.38. The molecular weight excluding hydrogens is 903 g/mol. The van der Waals surface area contributed by atoms with Crippen LogP contribution in [-0.4, -0.2) is 98.7 Å². The van der Waals surface area contributed by atoms with Gasteiger partial charge < -0.3 is 45.4 Å². The van der Waals surface area contributed by atoms with E-state index in [-0.39, 0.29) is 18.9 Å². The number of hydrogen-bond donors (Lipinski definition) is 7. The Hall–Kier alpha value is -0.850. The van der Waals surface area contributed by atoms with Crippen LogP contribution in [0.2, 0.25) is 0 Å². The monoisotopic (exact) mass is 1030 g/mol. The third-order valence-electron chi connectivity index (χ3n) is 15.8. The fourth-order valence-corrected chi connectivity index (χ4v) is 10.7. The van der Waals surface area contributed by atoms with E-state index in [0.29, 0.717) is 6.42 Å². The molecule has 8 atom stereocenters. The summed E-state index contributed by atoms with van der Waals surface area (Å²) in [5.74, 6) is -0.250. The number of aliphatic hydroxyl groups excluding tert-OH is 6. The predicted molar refractivity (Wildman–Crippen MR) is 301 cm³/mol. The second-order valence-electron chi connectivity index (χ2n) is 22.7. The molecule has 0 spiro atoms. The molecule has 10 nitrogen and oxygen atoms in total. The van der Waals surface area contributed by atoms with E-state index < -0.39 is 55.6 Å². The normalized spacial score (nSPS) is 19.5. The van der Waals surface area contributed by atoms with Gasteiger partial charge >= 0.3 is 0 Å². The van der Waals surface area contributed by atoms with Crippen molar-refractivity contribution in [3.8, 4) is 0 Å². The van der Waals surface area contributed by atoms with E-state index in [0.717, 1.165) is 38.5 Å². The number of aliphatic hydroxyl groups is 6. The van der Waals surface area contributed by atoms with Crippen LogP contribution in [0.25, 0.3) is 0 Å². The fourth-order valence-electron chi connectivity index (χ4n) is 10.7. The molecule has 1 fully saturated rings. The van der Waals surface area contributed by atoms with Crippen LogP contribution < -0.4 is 5.32 Å². The number of hydrogen-bond acceptors (Lipinski definition) is 9. The molecule has 0 aliphatic carbocycles. The largest absolute Gasteiger partial charge is 0.394 e. The SMILES string of the molecule is CCCCCCCCCCCCCCCCCCCCCCCCCCCCCCCCCCCCCC(=O)N[C@@H](CO[C@@H]1O[C@H](CO)[C@H](O)C(O)C1O)[C@H](O)[C@H](O)CCCCCCCCCCCCCC. The smallest absolute Gasteiger partial charge is 0.220 e. The Balaban J connectivity index is 2.07. The molecule has 7 N–H and O–H groups in total. The molecule has 1 heterocycles. The maximum absolute atomic E-state index is 13.1. The van der Waals surface area contributed by atoms with Gasteiger partial charge in [-0.15, -0.1) is 0 Å². The number of ether oxygens (including phenoxy) is 2. The topological polar surface area (TPSA) is 169 Å². The van der Waals surface area contributed by atoms with Gasteiger partial charge in [0, 0.05) is 6.42 Å². The summed E-state index contributed by atoms with van der Waals surface area (Å²) in [6, 6.07) is -0.986. The number of rotatable bonds is 56. The molecule has 0 bridgehead atoms. The van der Waals surface area contributed by atoms with Crippen molar-refractivity contribution in [2.24, 2.45) is 0 Å². The summed E-state index contributed by atoms with van der Waals surface area (Å²) in [5, 5.41) is 65.5. The third-order valence-corrected chi connectivity index (χ3v) is 15.8. The van der Waals surface area contributed by atoms with Gasteiger partial charge in [0.1, 0.15) is 30.5 Å². The minimum atomic E-state index is -1.60. The van der Waals surface area contributed by atoms with Crippen LogP contribution in [0.5, 0.6) is 0 Å². The summed E-state index contributed by atoms with van der Waals surface area (Å²) in [6.07, 6.45) is 53.1. The molecule has 1 rings (SSSR count). The van der Waals surface area contributed by atoms with Crippen LogP contribution in [0.4, 0.5) is 0 Å². The van der Waals surface area contributed by atoms with E-state index in [2.05, 4.69) is 19.2 Å². The molecule has 430 valence electrons. The van der Waals surface area contributed by atoms with Crippen LogP contribution in [0.3, 0.4) is 0 Å². The Bertz CT molecular complexity index is 1110. The summed E-state index contributed by atoms with van der Waals surface area (Å²) >= 11 is 0. The Morgan fingerprint density at radius 3 is 1.03 bits per heavy atom. The molecule has 10 heteroatoms. The van der Waals surface area contributed by atoms with E-state index in [1.54, 1.807) is 0 Å². The standard InChI is InChI=1S/C62H123NO9/c1-3-5-7-9-11-13-15-17-18-19-20-21-22-23-24-25-26-27-28-29-30-31-32-33-34-35-36-37-38-39-41-43-45-47-49-51-57(66)63-54(53-71-62-61(70)60(69)59(68)56(52-64)72-62)58(67)55(65)50-48-46-44-42-40-16-14-12-10-8-6-4-2/h54-56,58-62,64-65,67-70H,3-53H2,1-2H3,(H,63,66)/t54-,55+,56+,58-,59-,60?,61?,62+/m0/s1. The zero-order valence-electron chi connectivity index (χ0n) is 47.6. The van der Waals surface area contributed by atoms with Crippen LogP contribution in [0.15, 0.2) is 0 Å². The van der Waals surface area contributed by atoms with Crippen molar-refractivity contribution in [1.82, 2.24) is 5.32 Å². The van der Waals surface area contributed by atoms with Gasteiger partial charge in [0.15, 0.2) is 6.29 Å².